The van der Waals surface area contributed by atoms with Gasteiger partial charge in [-0.15, -0.1) is 11.6 Å². The number of alkyl halides is 4. The Balaban J connectivity index is 3.61. The summed E-state index contributed by atoms with van der Waals surface area (Å²) >= 11 is 4.95. The predicted molar refractivity (Wildman–Crippen MR) is 36.8 cm³/mol. The minimum absolute atomic E-state index is 0.224. The summed E-state index contributed by atoms with van der Waals surface area (Å²) in [5, 5.41) is -1.90. The summed E-state index contributed by atoms with van der Waals surface area (Å²) in [7, 11) is 0. The zero-order chi connectivity index (χ0) is 9.07. The molecular weight excluding hydrogens is 181 g/mol. The van der Waals surface area contributed by atoms with Crippen molar-refractivity contribution < 1.29 is 17.9 Å². The zero-order valence-corrected chi connectivity index (χ0v) is 7.04. The third kappa shape index (κ3) is 5.32. The van der Waals surface area contributed by atoms with E-state index in [0.717, 1.165) is 0 Å². The summed E-state index contributed by atoms with van der Waals surface area (Å²) in [4.78, 5) is 0. The largest absolute Gasteiger partial charge is 0.407 e. The molecule has 0 N–H and O–H groups in total. The molecule has 0 aliphatic heterocycles. The van der Waals surface area contributed by atoms with E-state index in [0.29, 0.717) is 0 Å². The van der Waals surface area contributed by atoms with E-state index in [4.69, 9.17) is 11.6 Å². The second kappa shape index (κ2) is 4.16. The fourth-order valence-electron chi connectivity index (χ4n) is 0.371. The molecule has 1 nitrogen and oxygen atoms in total. The molecule has 0 fully saturated rings. The average molecular weight is 191 g/mol. The van der Waals surface area contributed by atoms with E-state index in [1.807, 2.05) is 0 Å². The molecule has 0 aromatic rings. The highest BCUT2D eigenvalue weighted by molar-refractivity contribution is 6.21. The van der Waals surface area contributed by atoms with Gasteiger partial charge in [-0.2, -0.15) is 13.2 Å². The maximum atomic E-state index is 11.7. The minimum atomic E-state index is -4.36. The third-order valence-electron chi connectivity index (χ3n) is 0.931. The molecule has 0 spiro atoms. The lowest BCUT2D eigenvalue weighted by atomic mass is 10.4. The highest BCUT2D eigenvalue weighted by Crippen LogP contribution is 2.25. The Morgan fingerprint density at radius 3 is 2.09 bits per heavy atom. The van der Waals surface area contributed by atoms with Crippen molar-refractivity contribution in [2.45, 2.75) is 31.5 Å². The molecule has 0 rings (SSSR count). The molecule has 0 saturated carbocycles. The predicted octanol–water partition coefficient (Wildman–Crippen LogP) is 2.58. The van der Waals surface area contributed by atoms with Gasteiger partial charge >= 0.3 is 6.18 Å². The van der Waals surface area contributed by atoms with Gasteiger partial charge in [0.15, 0.2) is 5.38 Å². The van der Waals surface area contributed by atoms with E-state index >= 15 is 0 Å². The zero-order valence-electron chi connectivity index (χ0n) is 6.28. The molecule has 0 aromatic carbocycles. The van der Waals surface area contributed by atoms with E-state index in [1.165, 1.54) is 0 Å². The van der Waals surface area contributed by atoms with Crippen LogP contribution in [-0.2, 0) is 4.74 Å². The molecule has 68 valence electrons. The van der Waals surface area contributed by atoms with Crippen LogP contribution in [0.2, 0.25) is 0 Å². The minimum Gasteiger partial charge on any atom is -0.377 e. The number of hydrogen-bond acceptors (Lipinski definition) is 1. The first kappa shape index (κ1) is 11.0. The van der Waals surface area contributed by atoms with Crippen molar-refractivity contribution in [3.8, 4) is 0 Å². The van der Waals surface area contributed by atoms with E-state index in [2.05, 4.69) is 4.74 Å². The monoisotopic (exact) mass is 190 g/mol. The molecule has 1 atom stereocenters. The van der Waals surface area contributed by atoms with Gasteiger partial charge < -0.3 is 4.74 Å². The molecule has 0 amide bonds. The lowest BCUT2D eigenvalue weighted by Gasteiger charge is -2.15. The van der Waals surface area contributed by atoms with Crippen molar-refractivity contribution in [2.24, 2.45) is 0 Å². The number of ether oxygens (including phenoxy) is 1. The molecule has 0 bridgehead atoms. The SMILES string of the molecule is CC(C)OCC(Cl)C(F)(F)F. The number of hydrogen-bond donors (Lipinski definition) is 0. The Hall–Kier alpha value is 0.0400. The molecule has 0 radical (unpaired) electrons. The highest BCUT2D eigenvalue weighted by atomic mass is 35.5. The molecule has 5 heteroatoms. The van der Waals surface area contributed by atoms with Gasteiger partial charge in [0, 0.05) is 0 Å². The molecule has 1 unspecified atom stereocenters. The van der Waals surface area contributed by atoms with Crippen LogP contribution in [0.3, 0.4) is 0 Å². The van der Waals surface area contributed by atoms with Gasteiger partial charge in [-0.3, -0.25) is 0 Å². The summed E-state index contributed by atoms with van der Waals surface area (Å²) in [6.45, 7) is 2.82. The van der Waals surface area contributed by atoms with Gasteiger partial charge in [-0.1, -0.05) is 0 Å². The van der Waals surface area contributed by atoms with Crippen molar-refractivity contribution in [1.82, 2.24) is 0 Å². The van der Waals surface area contributed by atoms with Gasteiger partial charge in [-0.05, 0) is 13.8 Å². The Bertz CT molecular complexity index is 113. The summed E-state index contributed by atoms with van der Waals surface area (Å²) in [6.07, 6.45) is -4.59. The molecule has 0 heterocycles. The van der Waals surface area contributed by atoms with Crippen LogP contribution in [-0.4, -0.2) is 24.3 Å². The van der Waals surface area contributed by atoms with Crippen molar-refractivity contribution in [1.29, 1.82) is 0 Å². The van der Waals surface area contributed by atoms with E-state index in [1.54, 1.807) is 13.8 Å². The van der Waals surface area contributed by atoms with Crippen LogP contribution in [0.5, 0.6) is 0 Å². The van der Waals surface area contributed by atoms with Crippen molar-refractivity contribution in [3.05, 3.63) is 0 Å². The van der Waals surface area contributed by atoms with E-state index < -0.39 is 18.2 Å². The first-order chi connectivity index (χ1) is 4.84. The van der Waals surface area contributed by atoms with Gasteiger partial charge in [0.2, 0.25) is 0 Å². The quantitative estimate of drug-likeness (QED) is 0.622. The summed E-state index contributed by atoms with van der Waals surface area (Å²) in [6, 6.07) is 0. The van der Waals surface area contributed by atoms with Crippen LogP contribution in [0.1, 0.15) is 13.8 Å². The lowest BCUT2D eigenvalue weighted by molar-refractivity contribution is -0.143. The van der Waals surface area contributed by atoms with E-state index in [9.17, 15) is 13.2 Å². The lowest BCUT2D eigenvalue weighted by Crippen LogP contribution is -2.29. The van der Waals surface area contributed by atoms with Gasteiger partial charge in [0.25, 0.3) is 0 Å². The Labute approximate surface area is 68.5 Å². The van der Waals surface area contributed by atoms with Crippen LogP contribution < -0.4 is 0 Å². The second-order valence-electron chi connectivity index (χ2n) is 2.39. The van der Waals surface area contributed by atoms with Crippen LogP contribution in [0.4, 0.5) is 13.2 Å². The topological polar surface area (TPSA) is 9.23 Å². The first-order valence-corrected chi connectivity index (χ1v) is 3.60. The Kier molecular flexibility index (Phi) is 4.18. The van der Waals surface area contributed by atoms with Crippen LogP contribution in [0, 0.1) is 0 Å². The molecule has 0 aromatic heterocycles. The van der Waals surface area contributed by atoms with Crippen LogP contribution in [0.25, 0.3) is 0 Å². The third-order valence-corrected chi connectivity index (χ3v) is 1.30. The Morgan fingerprint density at radius 1 is 1.36 bits per heavy atom. The van der Waals surface area contributed by atoms with Gasteiger partial charge in [-0.25, -0.2) is 0 Å². The normalized spacial score (nSPS) is 15.5. The maximum Gasteiger partial charge on any atom is 0.407 e. The van der Waals surface area contributed by atoms with Crippen molar-refractivity contribution in [3.63, 3.8) is 0 Å². The maximum absolute atomic E-state index is 11.7. The molecule has 11 heavy (non-hydrogen) atoms. The van der Waals surface area contributed by atoms with Crippen molar-refractivity contribution >= 4 is 11.6 Å². The molecule has 0 aliphatic carbocycles. The summed E-state index contributed by atoms with van der Waals surface area (Å²) in [5.41, 5.74) is 0. The average Bonchev–Trinajstić information content (AvgIpc) is 1.80. The fraction of sp³-hybridized carbons (Fsp3) is 1.00. The number of rotatable bonds is 3. The molecule has 0 saturated heterocycles. The Morgan fingerprint density at radius 2 is 1.82 bits per heavy atom. The highest BCUT2D eigenvalue weighted by Gasteiger charge is 2.38. The van der Waals surface area contributed by atoms with Crippen LogP contribution >= 0.6 is 11.6 Å². The van der Waals surface area contributed by atoms with Gasteiger partial charge in [0.05, 0.1) is 12.7 Å². The molecular formula is C6H10ClF3O. The van der Waals surface area contributed by atoms with Gasteiger partial charge in [0.1, 0.15) is 0 Å². The first-order valence-electron chi connectivity index (χ1n) is 3.16. The summed E-state index contributed by atoms with van der Waals surface area (Å²) < 4.78 is 39.7. The fourth-order valence-corrected chi connectivity index (χ4v) is 0.444. The van der Waals surface area contributed by atoms with Crippen molar-refractivity contribution in [2.75, 3.05) is 6.61 Å². The number of halogens is 4. The summed E-state index contributed by atoms with van der Waals surface area (Å²) in [5.74, 6) is 0. The van der Waals surface area contributed by atoms with E-state index in [-0.39, 0.29) is 6.10 Å². The standard InChI is InChI=1S/C6H10ClF3O/c1-4(2)11-3-5(7)6(8,9)10/h4-5H,3H2,1-2H3. The molecule has 0 aliphatic rings. The second-order valence-corrected chi connectivity index (χ2v) is 2.92. The smallest absolute Gasteiger partial charge is 0.377 e. The van der Waals surface area contributed by atoms with Crippen LogP contribution in [0.15, 0.2) is 0 Å².